The van der Waals surface area contributed by atoms with Crippen LogP contribution in [0.4, 0.5) is 4.79 Å². The average Bonchev–Trinajstić information content (AvgIpc) is 3.38. The van der Waals surface area contributed by atoms with Crippen molar-refractivity contribution in [3.63, 3.8) is 0 Å². The molecule has 2 aromatic carbocycles. The van der Waals surface area contributed by atoms with Crippen molar-refractivity contribution >= 4 is 12.1 Å². The Morgan fingerprint density at radius 3 is 2.35 bits per heavy atom. The maximum absolute atomic E-state index is 12.4. The van der Waals surface area contributed by atoms with Crippen LogP contribution >= 0.6 is 0 Å². The highest BCUT2D eigenvalue weighted by Gasteiger charge is 2.60. The van der Waals surface area contributed by atoms with Gasteiger partial charge in [-0.05, 0) is 17.5 Å². The van der Waals surface area contributed by atoms with Crippen LogP contribution in [-0.2, 0) is 20.9 Å². The van der Waals surface area contributed by atoms with Gasteiger partial charge in [0.15, 0.2) is 0 Å². The molecule has 3 rings (SSSR count). The van der Waals surface area contributed by atoms with Gasteiger partial charge in [-0.3, -0.25) is 4.79 Å². The number of benzene rings is 2. The van der Waals surface area contributed by atoms with Gasteiger partial charge in [0, 0.05) is 5.41 Å². The third-order valence-electron chi connectivity index (χ3n) is 5.03. The Kier molecular flexibility index (Phi) is 5.26. The number of alkyl carbamates (subject to hydrolysis) is 1. The van der Waals surface area contributed by atoms with Crippen molar-refractivity contribution in [2.24, 2.45) is 11.3 Å². The first-order valence-corrected chi connectivity index (χ1v) is 8.64. The van der Waals surface area contributed by atoms with Gasteiger partial charge in [-0.25, -0.2) is 4.79 Å². The first-order chi connectivity index (χ1) is 12.5. The molecule has 2 aromatic rings. The number of hydrogen-bond acceptors (Lipinski definition) is 4. The lowest BCUT2D eigenvalue weighted by molar-refractivity contribution is -0.143. The molecule has 26 heavy (non-hydrogen) atoms. The largest absolute Gasteiger partial charge is 0.469 e. The third-order valence-corrected chi connectivity index (χ3v) is 5.03. The summed E-state index contributed by atoms with van der Waals surface area (Å²) < 4.78 is 10.2. The molecule has 3 atom stereocenters. The van der Waals surface area contributed by atoms with Crippen molar-refractivity contribution in [3.05, 3.63) is 71.8 Å². The van der Waals surface area contributed by atoms with E-state index < -0.39 is 6.09 Å². The van der Waals surface area contributed by atoms with Gasteiger partial charge in [0.2, 0.25) is 0 Å². The maximum Gasteiger partial charge on any atom is 0.407 e. The molecule has 0 radical (unpaired) electrons. The molecule has 136 valence electrons. The standard InChI is InChI=1S/C21H23NO4/c1-21(13-17(21)19(23)25-2)18(16-11-7-4-8-12-16)22-20(24)26-14-15-9-5-3-6-10-15/h3-12,17-18H,13-14H2,1-2H3,(H,22,24)/t17-,18-,21+/m0/s1. The zero-order valence-electron chi connectivity index (χ0n) is 15.0. The fraction of sp³-hybridized carbons (Fsp3) is 0.333. The number of ether oxygens (including phenoxy) is 2. The Labute approximate surface area is 153 Å². The van der Waals surface area contributed by atoms with Crippen molar-refractivity contribution in [1.29, 1.82) is 0 Å². The van der Waals surface area contributed by atoms with Gasteiger partial charge in [0.1, 0.15) is 6.61 Å². The number of carbonyl (C=O) groups is 2. The number of methoxy groups -OCH3 is 1. The van der Waals surface area contributed by atoms with E-state index in [0.29, 0.717) is 6.42 Å². The Bertz CT molecular complexity index is 762. The minimum Gasteiger partial charge on any atom is -0.469 e. The first kappa shape index (κ1) is 18.0. The molecule has 0 unspecified atom stereocenters. The van der Waals surface area contributed by atoms with E-state index >= 15 is 0 Å². The van der Waals surface area contributed by atoms with Gasteiger partial charge in [0.25, 0.3) is 0 Å². The molecule has 1 saturated carbocycles. The van der Waals surface area contributed by atoms with Crippen molar-refractivity contribution in [2.75, 3.05) is 7.11 Å². The first-order valence-electron chi connectivity index (χ1n) is 8.64. The quantitative estimate of drug-likeness (QED) is 0.801. The average molecular weight is 353 g/mol. The molecular formula is C21H23NO4. The van der Waals surface area contributed by atoms with Crippen LogP contribution in [-0.4, -0.2) is 19.2 Å². The summed E-state index contributed by atoms with van der Waals surface area (Å²) in [6.07, 6.45) is 0.164. The fourth-order valence-corrected chi connectivity index (χ4v) is 3.35. The lowest BCUT2D eigenvalue weighted by Gasteiger charge is -2.26. The Hall–Kier alpha value is -2.82. The van der Waals surface area contributed by atoms with Crippen molar-refractivity contribution in [2.45, 2.75) is 26.0 Å². The predicted octanol–water partition coefficient (Wildman–Crippen LogP) is 3.85. The van der Waals surface area contributed by atoms with Crippen LogP contribution in [0.3, 0.4) is 0 Å². The van der Waals surface area contributed by atoms with Gasteiger partial charge in [0.05, 0.1) is 19.1 Å². The summed E-state index contributed by atoms with van der Waals surface area (Å²) in [5.41, 5.74) is 1.47. The molecule has 0 aliphatic heterocycles. The number of esters is 1. The third kappa shape index (κ3) is 3.87. The van der Waals surface area contributed by atoms with Crippen molar-refractivity contribution in [1.82, 2.24) is 5.32 Å². The number of amides is 1. The Balaban J connectivity index is 1.71. The van der Waals surface area contributed by atoms with Gasteiger partial charge < -0.3 is 14.8 Å². The molecule has 0 heterocycles. The van der Waals surface area contributed by atoms with Crippen LogP contribution in [0.2, 0.25) is 0 Å². The second kappa shape index (κ2) is 7.60. The fourth-order valence-electron chi connectivity index (χ4n) is 3.35. The van der Waals surface area contributed by atoms with Crippen LogP contribution in [0, 0.1) is 11.3 Å². The van der Waals surface area contributed by atoms with Crippen LogP contribution in [0.1, 0.15) is 30.5 Å². The van der Waals surface area contributed by atoms with E-state index in [1.807, 2.05) is 67.6 Å². The minimum absolute atomic E-state index is 0.200. The smallest absolute Gasteiger partial charge is 0.407 e. The minimum atomic E-state index is -0.501. The second-order valence-corrected chi connectivity index (χ2v) is 6.84. The highest BCUT2D eigenvalue weighted by molar-refractivity contribution is 5.77. The van der Waals surface area contributed by atoms with Crippen LogP contribution in [0.15, 0.2) is 60.7 Å². The number of nitrogens with one attached hydrogen (secondary N) is 1. The topological polar surface area (TPSA) is 64.6 Å². The summed E-state index contributed by atoms with van der Waals surface area (Å²) in [5.74, 6) is -0.472. The van der Waals surface area contributed by atoms with Crippen LogP contribution in [0.5, 0.6) is 0 Å². The maximum atomic E-state index is 12.4. The van der Waals surface area contributed by atoms with E-state index in [0.717, 1.165) is 11.1 Å². The number of rotatable bonds is 6. The highest BCUT2D eigenvalue weighted by Crippen LogP contribution is 2.60. The molecule has 5 nitrogen and oxygen atoms in total. The van der Waals surface area contributed by atoms with E-state index in [9.17, 15) is 9.59 Å². The predicted molar refractivity (Wildman–Crippen MR) is 97.2 cm³/mol. The molecule has 0 aromatic heterocycles. The van der Waals surface area contributed by atoms with Gasteiger partial charge >= 0.3 is 12.1 Å². The zero-order valence-corrected chi connectivity index (χ0v) is 15.0. The summed E-state index contributed by atoms with van der Waals surface area (Å²) in [4.78, 5) is 24.3. The van der Waals surface area contributed by atoms with Gasteiger partial charge in [-0.2, -0.15) is 0 Å². The summed E-state index contributed by atoms with van der Waals surface area (Å²) in [7, 11) is 1.39. The lowest BCUT2D eigenvalue weighted by Crippen LogP contribution is -2.35. The van der Waals surface area contributed by atoms with Gasteiger partial charge in [-0.1, -0.05) is 67.6 Å². The normalized spacial score (nSPS) is 22.2. The second-order valence-electron chi connectivity index (χ2n) is 6.84. The summed E-state index contributed by atoms with van der Waals surface area (Å²) in [6, 6.07) is 18.8. The summed E-state index contributed by atoms with van der Waals surface area (Å²) in [5, 5.41) is 2.95. The molecule has 1 amide bonds. The Morgan fingerprint density at radius 2 is 1.73 bits per heavy atom. The molecule has 0 bridgehead atoms. The van der Waals surface area contributed by atoms with E-state index in [-0.39, 0.29) is 30.0 Å². The lowest BCUT2D eigenvalue weighted by atomic mass is 9.89. The molecule has 5 heteroatoms. The monoisotopic (exact) mass is 353 g/mol. The summed E-state index contributed by atoms with van der Waals surface area (Å²) in [6.45, 7) is 2.19. The van der Waals surface area contributed by atoms with E-state index in [2.05, 4.69) is 5.32 Å². The number of hydrogen-bond donors (Lipinski definition) is 1. The molecule has 1 fully saturated rings. The zero-order chi connectivity index (χ0) is 18.6. The van der Waals surface area contributed by atoms with E-state index in [1.165, 1.54) is 7.11 Å². The SMILES string of the molecule is COC(=O)[C@@H]1C[C@@]1(C)[C@@H](NC(=O)OCc1ccccc1)c1ccccc1. The molecular weight excluding hydrogens is 330 g/mol. The highest BCUT2D eigenvalue weighted by atomic mass is 16.5. The molecule has 0 saturated heterocycles. The molecule has 1 N–H and O–H groups in total. The summed E-state index contributed by atoms with van der Waals surface area (Å²) >= 11 is 0. The molecule has 1 aliphatic carbocycles. The van der Waals surface area contributed by atoms with Gasteiger partial charge in [-0.15, -0.1) is 0 Å². The van der Waals surface area contributed by atoms with Crippen molar-refractivity contribution < 1.29 is 19.1 Å². The molecule has 0 spiro atoms. The molecule has 1 aliphatic rings. The van der Waals surface area contributed by atoms with Crippen molar-refractivity contribution in [3.8, 4) is 0 Å². The Morgan fingerprint density at radius 1 is 1.12 bits per heavy atom. The van der Waals surface area contributed by atoms with E-state index in [4.69, 9.17) is 9.47 Å². The van der Waals surface area contributed by atoms with E-state index in [1.54, 1.807) is 0 Å². The van der Waals surface area contributed by atoms with Crippen LogP contribution < -0.4 is 5.32 Å². The number of carbonyl (C=O) groups excluding carboxylic acids is 2. The van der Waals surface area contributed by atoms with Crippen LogP contribution in [0.25, 0.3) is 0 Å².